The van der Waals surface area contributed by atoms with Gasteiger partial charge in [-0.1, -0.05) is 6.07 Å². The normalized spacial score (nSPS) is 25.0. The number of imide groups is 1. The van der Waals surface area contributed by atoms with Crippen LogP contribution in [-0.4, -0.2) is 82.3 Å². The highest BCUT2D eigenvalue weighted by Crippen LogP contribution is 2.34. The molecule has 5 heterocycles. The van der Waals surface area contributed by atoms with E-state index in [1.165, 1.54) is 12.0 Å². The molecule has 204 valence electrons. The van der Waals surface area contributed by atoms with E-state index in [-0.39, 0.29) is 49.0 Å². The van der Waals surface area contributed by atoms with Crippen molar-refractivity contribution in [1.82, 2.24) is 25.0 Å². The van der Waals surface area contributed by atoms with Gasteiger partial charge in [-0.3, -0.25) is 29.6 Å². The molecule has 0 saturated carbocycles. The molecule has 3 atom stereocenters. The molecular weight excluding hydrogens is 505 g/mol. The van der Waals surface area contributed by atoms with Gasteiger partial charge in [-0.25, -0.2) is 9.18 Å². The van der Waals surface area contributed by atoms with Crippen LogP contribution in [0.25, 0.3) is 11.3 Å². The van der Waals surface area contributed by atoms with Crippen LogP contribution < -0.4 is 5.32 Å². The SMILES string of the molecule is COC(=O)N1CC2CCCN(Cc3ccnc(-c4ccc5c(c4)CN(C4CCC(=O)NC4=O)C5=O)c3F)C2C1. The molecule has 0 aliphatic carbocycles. The molecular formula is C28H30FN5O5. The minimum atomic E-state index is -0.705. The van der Waals surface area contributed by atoms with E-state index in [9.17, 15) is 19.2 Å². The Kier molecular flexibility index (Phi) is 6.54. The van der Waals surface area contributed by atoms with Gasteiger partial charge >= 0.3 is 6.09 Å². The smallest absolute Gasteiger partial charge is 0.409 e. The number of rotatable bonds is 4. The molecule has 6 rings (SSSR count). The number of nitrogens with one attached hydrogen (secondary N) is 1. The van der Waals surface area contributed by atoms with Gasteiger partial charge in [0.15, 0.2) is 5.82 Å². The fourth-order valence-corrected chi connectivity index (χ4v) is 6.50. The second-order valence-electron chi connectivity index (χ2n) is 10.7. The number of hydrogen-bond donors (Lipinski definition) is 1. The van der Waals surface area contributed by atoms with Crippen molar-refractivity contribution in [2.24, 2.45) is 5.92 Å². The summed E-state index contributed by atoms with van der Waals surface area (Å²) in [5, 5.41) is 2.30. The number of carbonyl (C=O) groups excluding carboxylic acids is 4. The summed E-state index contributed by atoms with van der Waals surface area (Å²) in [6.07, 6.45) is 3.75. The Morgan fingerprint density at radius 3 is 2.82 bits per heavy atom. The van der Waals surface area contributed by atoms with Gasteiger partial charge in [-0.15, -0.1) is 0 Å². The number of amides is 4. The summed E-state index contributed by atoms with van der Waals surface area (Å²) in [4.78, 5) is 58.7. The Labute approximate surface area is 225 Å². The lowest BCUT2D eigenvalue weighted by molar-refractivity contribution is -0.136. The molecule has 0 radical (unpaired) electrons. The van der Waals surface area contributed by atoms with E-state index < -0.39 is 17.8 Å². The van der Waals surface area contributed by atoms with E-state index in [1.54, 1.807) is 35.4 Å². The summed E-state index contributed by atoms with van der Waals surface area (Å²) in [7, 11) is 1.39. The number of halogens is 1. The predicted octanol–water partition coefficient (Wildman–Crippen LogP) is 2.31. The van der Waals surface area contributed by atoms with E-state index in [1.807, 2.05) is 0 Å². The Balaban J connectivity index is 1.21. The third kappa shape index (κ3) is 4.54. The van der Waals surface area contributed by atoms with Gasteiger partial charge in [0.1, 0.15) is 11.7 Å². The lowest BCUT2D eigenvalue weighted by Crippen LogP contribution is -2.52. The first-order valence-corrected chi connectivity index (χ1v) is 13.3. The van der Waals surface area contributed by atoms with E-state index in [2.05, 4.69) is 15.2 Å². The number of hydrogen-bond acceptors (Lipinski definition) is 7. The molecule has 4 amide bonds. The molecule has 1 N–H and O–H groups in total. The average Bonchev–Trinajstić information content (AvgIpc) is 3.51. The number of benzene rings is 1. The van der Waals surface area contributed by atoms with Crippen molar-refractivity contribution in [1.29, 1.82) is 0 Å². The molecule has 2 aromatic rings. The fraction of sp³-hybridized carbons (Fsp3) is 0.464. The maximum atomic E-state index is 15.9. The topological polar surface area (TPSA) is 112 Å². The van der Waals surface area contributed by atoms with Gasteiger partial charge in [0.25, 0.3) is 5.91 Å². The van der Waals surface area contributed by atoms with Crippen LogP contribution in [0.3, 0.4) is 0 Å². The van der Waals surface area contributed by atoms with Crippen molar-refractivity contribution >= 4 is 23.8 Å². The Bertz CT molecular complexity index is 1370. The number of pyridine rings is 1. The Morgan fingerprint density at radius 1 is 1.18 bits per heavy atom. The number of ether oxygens (including phenoxy) is 1. The number of nitrogens with zero attached hydrogens (tertiary/aromatic N) is 4. The lowest BCUT2D eigenvalue weighted by atomic mass is 9.91. The van der Waals surface area contributed by atoms with Crippen molar-refractivity contribution in [3.8, 4) is 11.3 Å². The summed E-state index contributed by atoms with van der Waals surface area (Å²) >= 11 is 0. The van der Waals surface area contributed by atoms with Gasteiger partial charge in [-0.2, -0.15) is 0 Å². The van der Waals surface area contributed by atoms with Crippen LogP contribution in [0.15, 0.2) is 30.5 Å². The Hall–Kier alpha value is -3.86. The molecule has 4 aliphatic heterocycles. The predicted molar refractivity (Wildman–Crippen MR) is 137 cm³/mol. The highest BCUT2D eigenvalue weighted by Gasteiger charge is 2.42. The van der Waals surface area contributed by atoms with Crippen molar-refractivity contribution in [3.63, 3.8) is 0 Å². The fourth-order valence-electron chi connectivity index (χ4n) is 6.50. The molecule has 3 unspecified atom stereocenters. The van der Waals surface area contributed by atoms with Crippen LogP contribution in [0, 0.1) is 11.7 Å². The monoisotopic (exact) mass is 535 g/mol. The number of likely N-dealkylation sites (tertiary alicyclic amines) is 2. The van der Waals surface area contributed by atoms with E-state index >= 15 is 4.39 Å². The van der Waals surface area contributed by atoms with Crippen molar-refractivity contribution in [3.05, 3.63) is 53.0 Å². The third-order valence-corrected chi connectivity index (χ3v) is 8.47. The molecule has 3 fully saturated rings. The van der Waals surface area contributed by atoms with Crippen molar-refractivity contribution in [2.45, 2.75) is 50.9 Å². The quantitative estimate of drug-likeness (QED) is 0.598. The summed E-state index contributed by atoms with van der Waals surface area (Å²) in [5.41, 5.74) is 2.45. The molecule has 0 bridgehead atoms. The first kappa shape index (κ1) is 25.4. The Morgan fingerprint density at radius 2 is 2.03 bits per heavy atom. The van der Waals surface area contributed by atoms with Crippen LogP contribution in [0.4, 0.5) is 9.18 Å². The third-order valence-electron chi connectivity index (χ3n) is 8.47. The van der Waals surface area contributed by atoms with Gasteiger partial charge in [-0.05, 0) is 55.5 Å². The largest absolute Gasteiger partial charge is 0.453 e. The van der Waals surface area contributed by atoms with Crippen LogP contribution in [-0.2, 0) is 27.4 Å². The zero-order chi connectivity index (χ0) is 27.3. The minimum absolute atomic E-state index is 0.151. The maximum Gasteiger partial charge on any atom is 0.409 e. The van der Waals surface area contributed by atoms with Gasteiger partial charge in [0, 0.05) is 61.5 Å². The van der Waals surface area contributed by atoms with Gasteiger partial charge in [0.2, 0.25) is 11.8 Å². The average molecular weight is 536 g/mol. The maximum absolute atomic E-state index is 15.9. The van der Waals surface area contributed by atoms with Crippen LogP contribution in [0.2, 0.25) is 0 Å². The number of carbonyl (C=O) groups is 4. The lowest BCUT2D eigenvalue weighted by Gasteiger charge is -2.36. The number of methoxy groups -OCH3 is 1. The van der Waals surface area contributed by atoms with Crippen molar-refractivity contribution < 1.29 is 28.3 Å². The first-order valence-electron chi connectivity index (χ1n) is 13.3. The number of piperidine rings is 2. The molecule has 3 saturated heterocycles. The van der Waals surface area contributed by atoms with Gasteiger partial charge < -0.3 is 14.5 Å². The first-order chi connectivity index (χ1) is 18.8. The summed E-state index contributed by atoms with van der Waals surface area (Å²) in [5.74, 6) is -1.15. The van der Waals surface area contributed by atoms with Crippen molar-refractivity contribution in [2.75, 3.05) is 26.7 Å². The zero-order valence-electron chi connectivity index (χ0n) is 21.7. The molecule has 1 aromatic carbocycles. The van der Waals surface area contributed by atoms with Crippen LogP contribution in [0.1, 0.15) is 47.2 Å². The summed E-state index contributed by atoms with van der Waals surface area (Å²) < 4.78 is 20.8. The second-order valence-corrected chi connectivity index (χ2v) is 10.7. The number of aromatic nitrogens is 1. The minimum Gasteiger partial charge on any atom is -0.453 e. The summed E-state index contributed by atoms with van der Waals surface area (Å²) in [6.45, 7) is 2.67. The van der Waals surface area contributed by atoms with E-state index in [0.29, 0.717) is 47.8 Å². The highest BCUT2D eigenvalue weighted by molar-refractivity contribution is 6.05. The van der Waals surface area contributed by atoms with Crippen LogP contribution >= 0.6 is 0 Å². The van der Waals surface area contributed by atoms with Crippen LogP contribution in [0.5, 0.6) is 0 Å². The van der Waals surface area contributed by atoms with Gasteiger partial charge in [0.05, 0.1) is 7.11 Å². The highest BCUT2D eigenvalue weighted by atomic mass is 19.1. The number of fused-ring (bicyclic) bond motifs is 2. The molecule has 11 heteroatoms. The summed E-state index contributed by atoms with van der Waals surface area (Å²) in [6, 6.07) is 6.23. The zero-order valence-corrected chi connectivity index (χ0v) is 21.7. The molecule has 4 aliphatic rings. The molecule has 1 aromatic heterocycles. The second kappa shape index (κ2) is 10.0. The molecule has 10 nitrogen and oxygen atoms in total. The molecule has 0 spiro atoms. The van der Waals surface area contributed by atoms with E-state index in [0.717, 1.165) is 19.4 Å². The standard InChI is InChI=1S/C28H30FN5O5/c1-39-28(38)33-12-17-3-2-10-32(22(17)15-33)13-18-8-9-30-25(24(18)29)16-4-5-20-19(11-16)14-34(27(20)37)21-6-7-23(35)31-26(21)36/h4-5,8-9,11,17,21-22H,2-3,6-7,10,12-15H2,1H3,(H,31,35,36). The van der Waals surface area contributed by atoms with E-state index in [4.69, 9.17) is 4.74 Å². The molecule has 39 heavy (non-hydrogen) atoms.